The van der Waals surface area contributed by atoms with Gasteiger partial charge in [-0.1, -0.05) is 0 Å². The highest BCUT2D eigenvalue weighted by molar-refractivity contribution is 5.73. The summed E-state index contributed by atoms with van der Waals surface area (Å²) in [6.07, 6.45) is 1.73. The lowest BCUT2D eigenvalue weighted by Gasteiger charge is -2.17. The lowest BCUT2D eigenvalue weighted by Crippen LogP contribution is -2.30. The van der Waals surface area contributed by atoms with E-state index in [1.54, 1.807) is 13.0 Å². The molecule has 0 bridgehead atoms. The van der Waals surface area contributed by atoms with Gasteiger partial charge in [0.05, 0.1) is 0 Å². The predicted molar refractivity (Wildman–Crippen MR) is 62.5 cm³/mol. The van der Waals surface area contributed by atoms with Crippen molar-refractivity contribution >= 4 is 5.91 Å². The minimum absolute atomic E-state index is 0.134. The van der Waals surface area contributed by atoms with E-state index in [-0.39, 0.29) is 5.91 Å². The third-order valence-corrected chi connectivity index (χ3v) is 3.28. The summed E-state index contributed by atoms with van der Waals surface area (Å²) in [6, 6.07) is 3.62. The molecule has 1 aliphatic heterocycles. The first kappa shape index (κ1) is 11.0. The fraction of sp³-hybridized carbons (Fsp3) is 0.462. The number of amides is 1. The summed E-state index contributed by atoms with van der Waals surface area (Å²) >= 11 is 0. The number of hydrogen-bond acceptors (Lipinski definition) is 2. The Morgan fingerprint density at radius 1 is 1.31 bits per heavy atom. The topological polar surface area (TPSA) is 40.5 Å². The van der Waals surface area contributed by atoms with E-state index < -0.39 is 0 Å². The van der Waals surface area contributed by atoms with E-state index in [1.165, 1.54) is 11.1 Å². The molecule has 2 rings (SSSR count). The summed E-state index contributed by atoms with van der Waals surface area (Å²) < 4.78 is 0. The van der Waals surface area contributed by atoms with Gasteiger partial charge in [-0.2, -0.15) is 0 Å². The number of aromatic hydroxyl groups is 1. The number of benzene rings is 1. The average Bonchev–Trinajstić information content (AvgIpc) is 2.39. The number of rotatable bonds is 0. The monoisotopic (exact) mass is 219 g/mol. The maximum absolute atomic E-state index is 11.3. The van der Waals surface area contributed by atoms with Gasteiger partial charge in [-0.15, -0.1) is 0 Å². The normalized spacial score (nSPS) is 15.5. The van der Waals surface area contributed by atoms with Crippen LogP contribution in [0, 0.1) is 6.92 Å². The van der Waals surface area contributed by atoms with Crippen LogP contribution in [0.1, 0.15) is 23.6 Å². The van der Waals surface area contributed by atoms with E-state index in [9.17, 15) is 9.90 Å². The van der Waals surface area contributed by atoms with E-state index in [0.29, 0.717) is 5.75 Å². The first-order chi connectivity index (χ1) is 7.58. The molecular formula is C13H17NO2. The number of phenols is 1. The Balaban J connectivity index is 2.30. The molecular weight excluding hydrogens is 202 g/mol. The molecule has 86 valence electrons. The Morgan fingerprint density at radius 3 is 2.69 bits per heavy atom. The number of carbonyl (C=O) groups is 1. The predicted octanol–water partition coefficient (Wildman–Crippen LogP) is 1.65. The Labute approximate surface area is 95.7 Å². The van der Waals surface area contributed by atoms with Crippen molar-refractivity contribution < 1.29 is 9.90 Å². The molecule has 1 amide bonds. The summed E-state index contributed by atoms with van der Waals surface area (Å²) in [5.74, 6) is 0.460. The number of aryl methyl sites for hydroxylation is 1. The van der Waals surface area contributed by atoms with E-state index in [1.807, 2.05) is 17.9 Å². The van der Waals surface area contributed by atoms with Crippen molar-refractivity contribution in [1.29, 1.82) is 0 Å². The molecule has 0 fully saturated rings. The molecule has 1 aliphatic rings. The Morgan fingerprint density at radius 2 is 2.00 bits per heavy atom. The van der Waals surface area contributed by atoms with Crippen LogP contribution in [0.3, 0.4) is 0 Å². The molecule has 0 saturated heterocycles. The fourth-order valence-electron chi connectivity index (χ4n) is 2.38. The summed E-state index contributed by atoms with van der Waals surface area (Å²) in [6.45, 7) is 5.17. The Kier molecular flexibility index (Phi) is 2.86. The van der Waals surface area contributed by atoms with Crippen LogP contribution in [0.5, 0.6) is 5.75 Å². The second-order valence-corrected chi connectivity index (χ2v) is 4.41. The lowest BCUT2D eigenvalue weighted by molar-refractivity contribution is -0.128. The number of hydrogen-bond donors (Lipinski definition) is 1. The average molecular weight is 219 g/mol. The molecule has 1 aromatic rings. The van der Waals surface area contributed by atoms with E-state index >= 15 is 0 Å². The molecule has 0 atom stereocenters. The summed E-state index contributed by atoms with van der Waals surface area (Å²) in [7, 11) is 0. The zero-order valence-corrected chi connectivity index (χ0v) is 9.79. The molecule has 0 saturated carbocycles. The van der Waals surface area contributed by atoms with E-state index in [0.717, 1.165) is 31.5 Å². The molecule has 1 heterocycles. The molecule has 3 heteroatoms. The minimum atomic E-state index is 0.134. The third kappa shape index (κ3) is 2.03. The number of phenolic OH excluding ortho intramolecular Hbond substituents is 1. The quantitative estimate of drug-likeness (QED) is 0.720. The van der Waals surface area contributed by atoms with Crippen LogP contribution < -0.4 is 0 Å². The van der Waals surface area contributed by atoms with Crippen LogP contribution >= 0.6 is 0 Å². The van der Waals surface area contributed by atoms with Gasteiger partial charge in [0.2, 0.25) is 5.91 Å². The Bertz CT molecular complexity index is 426. The lowest BCUT2D eigenvalue weighted by atomic mass is 9.98. The maximum atomic E-state index is 11.3. The third-order valence-electron chi connectivity index (χ3n) is 3.28. The highest BCUT2D eigenvalue weighted by Gasteiger charge is 2.17. The molecule has 0 unspecified atom stereocenters. The number of carbonyl (C=O) groups excluding carboxylic acids is 1. The molecule has 3 nitrogen and oxygen atoms in total. The molecule has 0 aromatic heterocycles. The van der Waals surface area contributed by atoms with Crippen molar-refractivity contribution in [2.75, 3.05) is 13.1 Å². The zero-order chi connectivity index (χ0) is 11.7. The van der Waals surface area contributed by atoms with Gasteiger partial charge in [0.15, 0.2) is 0 Å². The molecule has 16 heavy (non-hydrogen) atoms. The molecule has 0 aliphatic carbocycles. The van der Waals surface area contributed by atoms with Crippen LogP contribution in [0.15, 0.2) is 12.1 Å². The minimum Gasteiger partial charge on any atom is -0.508 e. The van der Waals surface area contributed by atoms with Gasteiger partial charge in [0, 0.05) is 20.0 Å². The SMILES string of the molecule is CC(=O)N1CCc2cc(O)cc(C)c2CC1. The largest absolute Gasteiger partial charge is 0.508 e. The van der Waals surface area contributed by atoms with E-state index in [4.69, 9.17) is 0 Å². The molecule has 0 radical (unpaired) electrons. The highest BCUT2D eigenvalue weighted by atomic mass is 16.3. The van der Waals surface area contributed by atoms with Crippen molar-refractivity contribution in [1.82, 2.24) is 4.90 Å². The van der Waals surface area contributed by atoms with Gasteiger partial charge < -0.3 is 10.0 Å². The summed E-state index contributed by atoms with van der Waals surface area (Å²) in [4.78, 5) is 13.2. The molecule has 1 N–H and O–H groups in total. The van der Waals surface area contributed by atoms with Crippen molar-refractivity contribution in [3.8, 4) is 5.75 Å². The molecule has 0 spiro atoms. The Hall–Kier alpha value is -1.51. The van der Waals surface area contributed by atoms with E-state index in [2.05, 4.69) is 0 Å². The van der Waals surface area contributed by atoms with Crippen LogP contribution in [0.4, 0.5) is 0 Å². The van der Waals surface area contributed by atoms with Crippen molar-refractivity contribution in [2.45, 2.75) is 26.7 Å². The zero-order valence-electron chi connectivity index (χ0n) is 9.79. The van der Waals surface area contributed by atoms with Gasteiger partial charge in [-0.25, -0.2) is 0 Å². The van der Waals surface area contributed by atoms with Crippen molar-refractivity contribution in [2.24, 2.45) is 0 Å². The standard InChI is InChI=1S/C13H17NO2/c1-9-7-12(16)8-11-3-5-14(10(2)15)6-4-13(9)11/h7-8,16H,3-6H2,1-2H3. The maximum Gasteiger partial charge on any atom is 0.219 e. The summed E-state index contributed by atoms with van der Waals surface area (Å²) in [5.41, 5.74) is 3.60. The van der Waals surface area contributed by atoms with Gasteiger partial charge in [-0.3, -0.25) is 4.79 Å². The first-order valence-corrected chi connectivity index (χ1v) is 5.65. The summed E-state index contributed by atoms with van der Waals surface area (Å²) in [5, 5.41) is 9.56. The van der Waals surface area contributed by atoms with Crippen LogP contribution in [-0.2, 0) is 17.6 Å². The van der Waals surface area contributed by atoms with Gasteiger partial charge in [0.1, 0.15) is 5.75 Å². The van der Waals surface area contributed by atoms with Crippen LogP contribution in [0.25, 0.3) is 0 Å². The molecule has 1 aromatic carbocycles. The van der Waals surface area contributed by atoms with Crippen LogP contribution in [-0.4, -0.2) is 29.0 Å². The van der Waals surface area contributed by atoms with Crippen LogP contribution in [0.2, 0.25) is 0 Å². The number of fused-ring (bicyclic) bond motifs is 1. The van der Waals surface area contributed by atoms with Gasteiger partial charge in [0.25, 0.3) is 0 Å². The van der Waals surface area contributed by atoms with Crippen molar-refractivity contribution in [3.05, 3.63) is 28.8 Å². The second-order valence-electron chi connectivity index (χ2n) is 4.41. The highest BCUT2D eigenvalue weighted by Crippen LogP contribution is 2.24. The van der Waals surface area contributed by atoms with Gasteiger partial charge >= 0.3 is 0 Å². The van der Waals surface area contributed by atoms with Crippen molar-refractivity contribution in [3.63, 3.8) is 0 Å². The number of nitrogens with zero attached hydrogens (tertiary/aromatic N) is 1. The first-order valence-electron chi connectivity index (χ1n) is 5.65. The second kappa shape index (κ2) is 4.16. The van der Waals surface area contributed by atoms with Gasteiger partial charge in [-0.05, 0) is 48.6 Å². The smallest absolute Gasteiger partial charge is 0.219 e. The fourth-order valence-corrected chi connectivity index (χ4v) is 2.38.